The lowest BCUT2D eigenvalue weighted by Crippen LogP contribution is -2.18. The number of carbonyl (C=O) groups is 1. The Morgan fingerprint density at radius 3 is 1.64 bits per heavy atom. The Hall–Kier alpha value is -0.393. The van der Waals surface area contributed by atoms with E-state index in [1.54, 1.807) is 0 Å². The van der Waals surface area contributed by atoms with Crippen molar-refractivity contribution in [1.82, 2.24) is 0 Å². The highest BCUT2D eigenvalue weighted by molar-refractivity contribution is 6.50. The molecule has 1 aliphatic rings. The molecule has 28 heavy (non-hydrogen) atoms. The van der Waals surface area contributed by atoms with Crippen molar-refractivity contribution in [1.29, 1.82) is 0 Å². The van der Waals surface area contributed by atoms with E-state index < -0.39 is 21.1 Å². The number of aliphatic hydroxyl groups is 1. The minimum atomic E-state index is -1.16. The van der Waals surface area contributed by atoms with E-state index in [4.69, 9.17) is 14.6 Å². The SMILES string of the molecule is CCCCCCCCCCCCCCCCC(O)C(=O)O.C[SiH]1CCCCO1. The van der Waals surface area contributed by atoms with Gasteiger partial charge >= 0.3 is 5.97 Å². The Morgan fingerprint density at radius 2 is 1.32 bits per heavy atom. The van der Waals surface area contributed by atoms with Crippen molar-refractivity contribution in [3.63, 3.8) is 0 Å². The molecule has 1 heterocycles. The van der Waals surface area contributed by atoms with E-state index in [0.717, 1.165) is 19.4 Å². The quantitative estimate of drug-likeness (QED) is 0.224. The summed E-state index contributed by atoms with van der Waals surface area (Å²) in [5.41, 5.74) is 0. The van der Waals surface area contributed by atoms with Crippen LogP contribution in [0.5, 0.6) is 0 Å². The van der Waals surface area contributed by atoms with Gasteiger partial charge in [-0.05, 0) is 25.4 Å². The third-order valence-electron chi connectivity index (χ3n) is 5.52. The Morgan fingerprint density at radius 1 is 0.857 bits per heavy atom. The molecule has 0 aliphatic carbocycles. The summed E-state index contributed by atoms with van der Waals surface area (Å²) in [6.07, 6.45) is 20.0. The largest absolute Gasteiger partial charge is 0.479 e. The molecule has 0 amide bonds. The molecule has 168 valence electrons. The van der Waals surface area contributed by atoms with Crippen molar-refractivity contribution < 1.29 is 19.4 Å². The van der Waals surface area contributed by atoms with E-state index >= 15 is 0 Å². The average Bonchev–Trinajstić information content (AvgIpc) is 2.69. The molecule has 1 aliphatic heterocycles. The van der Waals surface area contributed by atoms with Gasteiger partial charge in [-0.2, -0.15) is 0 Å². The summed E-state index contributed by atoms with van der Waals surface area (Å²) in [5, 5.41) is 17.7. The molecule has 1 rings (SSSR count). The van der Waals surface area contributed by atoms with E-state index in [-0.39, 0.29) is 0 Å². The van der Waals surface area contributed by atoms with Crippen molar-refractivity contribution >= 4 is 15.0 Å². The maximum absolute atomic E-state index is 10.4. The molecule has 0 spiro atoms. The summed E-state index contributed by atoms with van der Waals surface area (Å²) in [6.45, 7) is 5.58. The zero-order chi connectivity index (χ0) is 20.9. The number of hydrogen-bond donors (Lipinski definition) is 2. The molecular weight excluding hydrogens is 368 g/mol. The van der Waals surface area contributed by atoms with Crippen LogP contribution in [0, 0.1) is 0 Å². The lowest BCUT2D eigenvalue weighted by molar-refractivity contribution is -0.146. The summed E-state index contributed by atoms with van der Waals surface area (Å²) < 4.78 is 5.42. The van der Waals surface area contributed by atoms with Gasteiger partial charge in [0.25, 0.3) is 0 Å². The summed E-state index contributed by atoms with van der Waals surface area (Å²) in [6, 6.07) is 1.40. The molecule has 0 aromatic carbocycles. The zero-order valence-corrected chi connectivity index (χ0v) is 20.0. The molecule has 2 N–H and O–H groups in total. The smallest absolute Gasteiger partial charge is 0.332 e. The number of aliphatic hydroxyl groups excluding tert-OH is 1. The third-order valence-corrected chi connectivity index (χ3v) is 7.55. The first kappa shape index (κ1) is 27.6. The Labute approximate surface area is 176 Å². The van der Waals surface area contributed by atoms with Gasteiger partial charge in [-0.25, -0.2) is 4.79 Å². The molecular formula is C23H48O4Si. The summed E-state index contributed by atoms with van der Waals surface area (Å²) in [7, 11) is -0.595. The standard InChI is InChI=1S/C18H36O3.C5H12OSi/c1-2-3-4-5-6-7-8-9-10-11-12-13-14-15-16-17(19)18(20)21;1-7-5-3-2-4-6-7/h17,19H,2-16H2,1H3,(H,20,21);7H,2-5H2,1H3. The average molecular weight is 417 g/mol. The predicted octanol–water partition coefficient (Wildman–Crippen LogP) is 6.45. The van der Waals surface area contributed by atoms with Gasteiger partial charge in [0.2, 0.25) is 0 Å². The fourth-order valence-corrected chi connectivity index (χ4v) is 5.16. The monoisotopic (exact) mass is 416 g/mol. The van der Waals surface area contributed by atoms with E-state index in [0.29, 0.717) is 6.42 Å². The second-order valence-corrected chi connectivity index (χ2v) is 10.9. The number of carboxylic acids is 1. The van der Waals surface area contributed by atoms with Crippen LogP contribution in [0.15, 0.2) is 0 Å². The third kappa shape index (κ3) is 20.3. The van der Waals surface area contributed by atoms with Crippen LogP contribution in [0.3, 0.4) is 0 Å². The van der Waals surface area contributed by atoms with Crippen LogP contribution in [0.4, 0.5) is 0 Å². The van der Waals surface area contributed by atoms with Crippen molar-refractivity contribution in [2.24, 2.45) is 0 Å². The molecule has 2 atom stereocenters. The van der Waals surface area contributed by atoms with Crippen molar-refractivity contribution in [2.75, 3.05) is 6.61 Å². The lowest BCUT2D eigenvalue weighted by atomic mass is 10.0. The van der Waals surface area contributed by atoms with Gasteiger partial charge in [-0.15, -0.1) is 0 Å². The first-order chi connectivity index (χ1) is 13.6. The Kier molecular flexibility index (Phi) is 21.0. The second kappa shape index (κ2) is 21.3. The van der Waals surface area contributed by atoms with Gasteiger partial charge < -0.3 is 14.6 Å². The molecule has 4 nitrogen and oxygen atoms in total. The maximum Gasteiger partial charge on any atom is 0.332 e. The second-order valence-electron chi connectivity index (χ2n) is 8.42. The van der Waals surface area contributed by atoms with Crippen LogP contribution in [-0.2, 0) is 9.22 Å². The lowest BCUT2D eigenvalue weighted by Gasteiger charge is -2.16. The fraction of sp³-hybridized carbons (Fsp3) is 0.957. The highest BCUT2D eigenvalue weighted by Gasteiger charge is 2.11. The number of rotatable bonds is 16. The van der Waals surface area contributed by atoms with Gasteiger partial charge in [-0.1, -0.05) is 103 Å². The van der Waals surface area contributed by atoms with Crippen molar-refractivity contribution in [2.45, 2.75) is 135 Å². The first-order valence-corrected chi connectivity index (χ1v) is 14.5. The Balaban J connectivity index is 0.000000861. The molecule has 1 saturated heterocycles. The molecule has 5 heteroatoms. The van der Waals surface area contributed by atoms with Gasteiger partial charge in [0.1, 0.15) is 0 Å². The number of hydrogen-bond acceptors (Lipinski definition) is 3. The van der Waals surface area contributed by atoms with E-state index in [9.17, 15) is 4.79 Å². The summed E-state index contributed by atoms with van der Waals surface area (Å²) in [4.78, 5) is 10.4. The number of unbranched alkanes of at least 4 members (excludes halogenated alkanes) is 13. The number of aliphatic carboxylic acids is 1. The highest BCUT2D eigenvalue weighted by Crippen LogP contribution is 2.13. The molecule has 0 aromatic rings. The molecule has 2 unspecified atom stereocenters. The molecule has 0 aromatic heterocycles. The zero-order valence-electron chi connectivity index (χ0n) is 18.8. The van der Waals surface area contributed by atoms with E-state index in [1.165, 1.54) is 95.9 Å². The van der Waals surface area contributed by atoms with Gasteiger partial charge in [0, 0.05) is 6.61 Å². The highest BCUT2D eigenvalue weighted by atomic mass is 28.3. The molecule has 0 radical (unpaired) electrons. The summed E-state index contributed by atoms with van der Waals surface area (Å²) in [5.74, 6) is -1.09. The van der Waals surface area contributed by atoms with Crippen molar-refractivity contribution in [3.05, 3.63) is 0 Å². The van der Waals surface area contributed by atoms with Crippen LogP contribution < -0.4 is 0 Å². The van der Waals surface area contributed by atoms with Crippen molar-refractivity contribution in [3.8, 4) is 0 Å². The van der Waals surface area contributed by atoms with Crippen LogP contribution in [0.25, 0.3) is 0 Å². The van der Waals surface area contributed by atoms with E-state index in [1.807, 2.05) is 0 Å². The Bertz CT molecular complexity index is 333. The normalized spacial score (nSPS) is 17.6. The predicted molar refractivity (Wildman–Crippen MR) is 122 cm³/mol. The fourth-order valence-electron chi connectivity index (χ4n) is 3.56. The van der Waals surface area contributed by atoms with E-state index in [2.05, 4.69) is 13.5 Å². The topological polar surface area (TPSA) is 66.8 Å². The van der Waals surface area contributed by atoms with Crippen LogP contribution >= 0.6 is 0 Å². The maximum atomic E-state index is 10.4. The van der Waals surface area contributed by atoms with Gasteiger partial charge in [0.15, 0.2) is 15.1 Å². The minimum Gasteiger partial charge on any atom is -0.479 e. The number of carboxylic acid groups (broad SMARTS) is 1. The molecule has 0 saturated carbocycles. The molecule has 0 bridgehead atoms. The summed E-state index contributed by atoms with van der Waals surface area (Å²) >= 11 is 0. The first-order valence-electron chi connectivity index (χ1n) is 12.1. The van der Waals surface area contributed by atoms with Gasteiger partial charge in [-0.3, -0.25) is 0 Å². The van der Waals surface area contributed by atoms with Crippen LogP contribution in [-0.4, -0.2) is 37.9 Å². The van der Waals surface area contributed by atoms with Crippen LogP contribution in [0.2, 0.25) is 12.6 Å². The van der Waals surface area contributed by atoms with Gasteiger partial charge in [0.05, 0.1) is 0 Å². The minimum absolute atomic E-state index is 0.396. The molecule has 1 fully saturated rings. The van der Waals surface area contributed by atoms with Crippen LogP contribution in [0.1, 0.15) is 116 Å².